The first kappa shape index (κ1) is 18.3. The van der Waals surface area contributed by atoms with Crippen molar-refractivity contribution in [3.63, 3.8) is 0 Å². The quantitative estimate of drug-likeness (QED) is 0.515. The number of fused-ring (bicyclic) bond motifs is 1. The van der Waals surface area contributed by atoms with Gasteiger partial charge in [-0.3, -0.25) is 9.36 Å². The maximum atomic E-state index is 13.0. The average Bonchev–Trinajstić information content (AvgIpc) is 2.69. The Kier molecular flexibility index (Phi) is 4.70. The molecule has 0 amide bonds. The van der Waals surface area contributed by atoms with E-state index in [0.717, 1.165) is 10.1 Å². The molecule has 0 bridgehead atoms. The van der Waals surface area contributed by atoms with Crippen LogP contribution in [0.3, 0.4) is 0 Å². The van der Waals surface area contributed by atoms with E-state index in [-0.39, 0.29) is 23.9 Å². The van der Waals surface area contributed by atoms with Gasteiger partial charge in [0.15, 0.2) is 17.3 Å². The second-order valence-electron chi connectivity index (χ2n) is 6.13. The molecule has 4 rings (SSSR count). The zero-order chi connectivity index (χ0) is 19.8. The van der Waals surface area contributed by atoms with Crippen LogP contribution in [0.15, 0.2) is 58.1 Å². The second-order valence-corrected chi connectivity index (χ2v) is 6.95. The van der Waals surface area contributed by atoms with Gasteiger partial charge in [-0.2, -0.15) is 10.1 Å². The molecule has 9 heteroatoms. The summed E-state index contributed by atoms with van der Waals surface area (Å²) < 4.78 is 2.42. The molecule has 0 unspecified atom stereocenters. The van der Waals surface area contributed by atoms with Gasteiger partial charge in [0.1, 0.15) is 0 Å². The zero-order valence-corrected chi connectivity index (χ0v) is 16.1. The molecule has 7 nitrogen and oxygen atoms in total. The molecule has 2 aliphatic rings. The predicted octanol–water partition coefficient (Wildman–Crippen LogP) is 2.86. The van der Waals surface area contributed by atoms with E-state index >= 15 is 0 Å². The van der Waals surface area contributed by atoms with E-state index in [9.17, 15) is 9.59 Å². The number of hydrogen-bond donors (Lipinski definition) is 0. The molecule has 0 saturated heterocycles. The Morgan fingerprint density at radius 3 is 2.43 bits per heavy atom. The van der Waals surface area contributed by atoms with Gasteiger partial charge in [0.25, 0.3) is 5.56 Å². The SMILES string of the molecule is Cn1nc(-c2ccc(Cl)c(Cl)c2)nc2c(=O)n(Cc3ccccc3)c(=O)nc1-2. The minimum Gasteiger partial charge on any atom is -0.267 e. The van der Waals surface area contributed by atoms with Crippen LogP contribution in [-0.4, -0.2) is 24.3 Å². The van der Waals surface area contributed by atoms with Gasteiger partial charge in [0, 0.05) is 12.6 Å². The molecule has 0 spiro atoms. The Hall–Kier alpha value is -3.03. The lowest BCUT2D eigenvalue weighted by Gasteiger charge is -2.13. The minimum absolute atomic E-state index is 0.0501. The highest BCUT2D eigenvalue weighted by molar-refractivity contribution is 6.42. The third-order valence-corrected chi connectivity index (χ3v) is 4.96. The van der Waals surface area contributed by atoms with Crippen molar-refractivity contribution in [2.75, 3.05) is 0 Å². The topological polar surface area (TPSA) is 82.7 Å². The molecule has 2 heterocycles. The molecule has 2 aromatic carbocycles. The third kappa shape index (κ3) is 3.30. The monoisotopic (exact) mass is 413 g/mol. The fourth-order valence-electron chi connectivity index (χ4n) is 2.82. The van der Waals surface area contributed by atoms with Gasteiger partial charge < -0.3 is 0 Å². The molecule has 0 radical (unpaired) electrons. The van der Waals surface area contributed by atoms with Crippen molar-refractivity contribution in [2.24, 2.45) is 7.05 Å². The van der Waals surface area contributed by atoms with Gasteiger partial charge in [-0.15, -0.1) is 0 Å². The Balaban J connectivity index is 1.91. The summed E-state index contributed by atoms with van der Waals surface area (Å²) in [6, 6.07) is 14.1. The van der Waals surface area contributed by atoms with E-state index in [1.807, 2.05) is 30.3 Å². The molecule has 140 valence electrons. The highest BCUT2D eigenvalue weighted by atomic mass is 35.5. The summed E-state index contributed by atoms with van der Waals surface area (Å²) in [6.45, 7) is 0.108. The van der Waals surface area contributed by atoms with Gasteiger partial charge in [0.2, 0.25) is 0 Å². The highest BCUT2D eigenvalue weighted by Gasteiger charge is 2.21. The van der Waals surface area contributed by atoms with Crippen molar-refractivity contribution in [3.8, 4) is 22.9 Å². The Bertz CT molecular complexity index is 1270. The van der Waals surface area contributed by atoms with Gasteiger partial charge in [0.05, 0.1) is 16.6 Å². The predicted molar refractivity (Wildman–Crippen MR) is 107 cm³/mol. The molecule has 0 N–H and O–H groups in total. The van der Waals surface area contributed by atoms with E-state index in [0.29, 0.717) is 15.6 Å². The van der Waals surface area contributed by atoms with Crippen LogP contribution in [0.1, 0.15) is 5.56 Å². The first-order valence-corrected chi connectivity index (χ1v) is 9.05. The molecule has 28 heavy (non-hydrogen) atoms. The molecule has 0 fully saturated rings. The maximum Gasteiger partial charge on any atom is 0.352 e. The average molecular weight is 414 g/mol. The van der Waals surface area contributed by atoms with E-state index in [4.69, 9.17) is 23.2 Å². The highest BCUT2D eigenvalue weighted by Crippen LogP contribution is 2.27. The van der Waals surface area contributed by atoms with Crippen LogP contribution in [0, 0.1) is 0 Å². The maximum absolute atomic E-state index is 13.0. The third-order valence-electron chi connectivity index (χ3n) is 4.22. The Labute approximate surface area is 169 Å². The Morgan fingerprint density at radius 1 is 0.964 bits per heavy atom. The van der Waals surface area contributed by atoms with Gasteiger partial charge >= 0.3 is 5.69 Å². The zero-order valence-electron chi connectivity index (χ0n) is 14.6. The lowest BCUT2D eigenvalue weighted by Crippen LogP contribution is -2.39. The molecular formula is C19H13Cl2N5O2. The summed E-state index contributed by atoms with van der Waals surface area (Å²) in [5, 5.41) is 5.04. The summed E-state index contributed by atoms with van der Waals surface area (Å²) in [5.41, 5.74) is 0.271. The van der Waals surface area contributed by atoms with E-state index in [2.05, 4.69) is 15.1 Å². The molecule has 2 aliphatic heterocycles. The molecule has 0 aromatic heterocycles. The van der Waals surface area contributed by atoms with Crippen molar-refractivity contribution in [2.45, 2.75) is 6.54 Å². The molecular weight excluding hydrogens is 401 g/mol. The lowest BCUT2D eigenvalue weighted by molar-refractivity contribution is 0.652. The van der Waals surface area contributed by atoms with Crippen LogP contribution >= 0.6 is 23.2 Å². The first-order valence-electron chi connectivity index (χ1n) is 8.29. The molecule has 0 aliphatic carbocycles. The van der Waals surface area contributed by atoms with Crippen molar-refractivity contribution in [3.05, 3.63) is 85.0 Å². The van der Waals surface area contributed by atoms with E-state index in [1.165, 1.54) is 4.68 Å². The van der Waals surface area contributed by atoms with Crippen molar-refractivity contribution in [1.82, 2.24) is 24.3 Å². The molecule has 0 saturated carbocycles. The second kappa shape index (κ2) is 7.18. The number of halogens is 2. The van der Waals surface area contributed by atoms with Crippen LogP contribution in [0.2, 0.25) is 10.0 Å². The number of aromatic nitrogens is 5. The summed E-state index contributed by atoms with van der Waals surface area (Å²) in [6.07, 6.45) is 0. The van der Waals surface area contributed by atoms with Gasteiger partial charge in [-0.05, 0) is 23.8 Å². The van der Waals surface area contributed by atoms with Crippen LogP contribution in [0.25, 0.3) is 22.9 Å². The lowest BCUT2D eigenvalue weighted by atomic mass is 10.2. The van der Waals surface area contributed by atoms with Crippen molar-refractivity contribution < 1.29 is 0 Å². The summed E-state index contributed by atoms with van der Waals surface area (Å²) in [7, 11) is 1.60. The molecule has 2 aromatic rings. The normalized spacial score (nSPS) is 11.1. The smallest absolute Gasteiger partial charge is 0.267 e. The summed E-state index contributed by atoms with van der Waals surface area (Å²) >= 11 is 12.0. The summed E-state index contributed by atoms with van der Waals surface area (Å²) in [5.74, 6) is 0.389. The standard InChI is InChI=1S/C19H13Cl2N5O2/c1-25-17-15(22-16(24-25)12-7-8-13(20)14(21)9-12)18(27)26(19(28)23-17)10-11-5-3-2-4-6-11/h2-9H,10H2,1H3. The van der Waals surface area contributed by atoms with Crippen LogP contribution in [0.4, 0.5) is 0 Å². The van der Waals surface area contributed by atoms with Crippen molar-refractivity contribution in [1.29, 1.82) is 0 Å². The van der Waals surface area contributed by atoms with E-state index < -0.39 is 11.2 Å². The largest absolute Gasteiger partial charge is 0.352 e. The van der Waals surface area contributed by atoms with Crippen molar-refractivity contribution >= 4 is 23.2 Å². The minimum atomic E-state index is -0.650. The Morgan fingerprint density at radius 2 is 1.71 bits per heavy atom. The van der Waals surface area contributed by atoms with Crippen LogP contribution in [0.5, 0.6) is 0 Å². The number of aryl methyl sites for hydroxylation is 1. The van der Waals surface area contributed by atoms with Crippen LogP contribution < -0.4 is 11.2 Å². The number of rotatable bonds is 3. The number of nitrogens with zero attached hydrogens (tertiary/aromatic N) is 5. The van der Waals surface area contributed by atoms with Gasteiger partial charge in [-0.1, -0.05) is 53.5 Å². The van der Waals surface area contributed by atoms with Crippen LogP contribution in [-0.2, 0) is 13.6 Å². The molecule has 0 atom stereocenters. The van der Waals surface area contributed by atoms with E-state index in [1.54, 1.807) is 25.2 Å². The fraction of sp³-hybridized carbons (Fsp3) is 0.105. The fourth-order valence-corrected chi connectivity index (χ4v) is 3.12. The summed E-state index contributed by atoms with van der Waals surface area (Å²) in [4.78, 5) is 33.7. The number of hydrogen-bond acceptors (Lipinski definition) is 5. The number of benzene rings is 2. The first-order chi connectivity index (χ1) is 13.4. The van der Waals surface area contributed by atoms with Gasteiger partial charge in [-0.25, -0.2) is 14.5 Å².